The van der Waals surface area contributed by atoms with Crippen LogP contribution in [0, 0.1) is 5.92 Å². The van der Waals surface area contributed by atoms with E-state index in [0.29, 0.717) is 11.8 Å². The number of nitrogens with one attached hydrogen (secondary N) is 1. The van der Waals surface area contributed by atoms with Gasteiger partial charge in [-0.2, -0.15) is 0 Å². The molecular weight excluding hydrogens is 282 g/mol. The molecule has 124 valence electrons. The van der Waals surface area contributed by atoms with Gasteiger partial charge in [-0.1, -0.05) is 58.0 Å². The van der Waals surface area contributed by atoms with Crippen molar-refractivity contribution in [3.8, 4) is 5.75 Å². The quantitative estimate of drug-likeness (QED) is 0.660. The van der Waals surface area contributed by atoms with Gasteiger partial charge in [0.05, 0.1) is 6.61 Å². The molecule has 0 atom stereocenters. The van der Waals surface area contributed by atoms with Crippen LogP contribution in [-0.4, -0.2) is 6.61 Å². The van der Waals surface area contributed by atoms with Crippen LogP contribution < -0.4 is 10.1 Å². The molecule has 0 aliphatic rings. The van der Waals surface area contributed by atoms with E-state index in [0.717, 1.165) is 25.3 Å². The van der Waals surface area contributed by atoms with Crippen molar-refractivity contribution in [2.45, 2.75) is 46.6 Å². The molecule has 0 bridgehead atoms. The van der Waals surface area contributed by atoms with Gasteiger partial charge in [-0.25, -0.2) is 0 Å². The van der Waals surface area contributed by atoms with Gasteiger partial charge in [-0.3, -0.25) is 0 Å². The predicted molar refractivity (Wildman–Crippen MR) is 99.2 cm³/mol. The van der Waals surface area contributed by atoms with Gasteiger partial charge >= 0.3 is 0 Å². The van der Waals surface area contributed by atoms with E-state index in [9.17, 15) is 0 Å². The maximum absolute atomic E-state index is 5.84. The lowest BCUT2D eigenvalue weighted by Crippen LogP contribution is -2.04. The summed E-state index contributed by atoms with van der Waals surface area (Å²) in [7, 11) is 0. The fourth-order valence-electron chi connectivity index (χ4n) is 2.52. The third kappa shape index (κ3) is 5.63. The second-order valence-corrected chi connectivity index (χ2v) is 6.77. The standard InChI is InChI=1S/C21H29NO/c1-16(2)12-13-23-19-9-7-8-18(14-19)15-22-21-11-6-5-10-20(21)17(3)4/h5-11,14,16-17,22H,12-13,15H2,1-4H3. The molecule has 2 aromatic carbocycles. The summed E-state index contributed by atoms with van der Waals surface area (Å²) >= 11 is 0. The van der Waals surface area contributed by atoms with E-state index in [4.69, 9.17) is 4.74 Å². The van der Waals surface area contributed by atoms with E-state index in [1.54, 1.807) is 0 Å². The Morgan fingerprint density at radius 1 is 0.957 bits per heavy atom. The molecule has 2 rings (SSSR count). The second kappa shape index (κ2) is 8.61. The zero-order valence-electron chi connectivity index (χ0n) is 14.8. The summed E-state index contributed by atoms with van der Waals surface area (Å²) in [6, 6.07) is 16.9. The van der Waals surface area contributed by atoms with Crippen LogP contribution in [0.4, 0.5) is 5.69 Å². The lowest BCUT2D eigenvalue weighted by atomic mass is 10.0. The van der Waals surface area contributed by atoms with Crippen LogP contribution in [-0.2, 0) is 6.54 Å². The highest BCUT2D eigenvalue weighted by Crippen LogP contribution is 2.24. The summed E-state index contributed by atoms with van der Waals surface area (Å²) in [6.45, 7) is 10.5. The molecule has 2 nitrogen and oxygen atoms in total. The number of hydrogen-bond acceptors (Lipinski definition) is 2. The summed E-state index contributed by atoms with van der Waals surface area (Å²) in [5, 5.41) is 3.56. The molecule has 1 N–H and O–H groups in total. The second-order valence-electron chi connectivity index (χ2n) is 6.77. The van der Waals surface area contributed by atoms with Gasteiger partial charge < -0.3 is 10.1 Å². The Morgan fingerprint density at radius 3 is 2.48 bits per heavy atom. The average Bonchev–Trinajstić information content (AvgIpc) is 2.53. The average molecular weight is 311 g/mol. The third-order valence-corrected chi connectivity index (χ3v) is 3.93. The molecule has 0 spiro atoms. The number of rotatable bonds is 8. The largest absolute Gasteiger partial charge is 0.494 e. The van der Waals surface area contributed by atoms with Gasteiger partial charge in [0.15, 0.2) is 0 Å². The van der Waals surface area contributed by atoms with Gasteiger partial charge in [0, 0.05) is 12.2 Å². The lowest BCUT2D eigenvalue weighted by Gasteiger charge is -2.15. The summed E-state index contributed by atoms with van der Waals surface area (Å²) in [5.41, 5.74) is 3.82. The Kier molecular flexibility index (Phi) is 6.52. The van der Waals surface area contributed by atoms with Crippen LogP contribution in [0.1, 0.15) is 51.2 Å². The first-order chi connectivity index (χ1) is 11.1. The fraction of sp³-hybridized carbons (Fsp3) is 0.429. The maximum atomic E-state index is 5.84. The lowest BCUT2D eigenvalue weighted by molar-refractivity contribution is 0.289. The van der Waals surface area contributed by atoms with Crippen LogP contribution in [0.25, 0.3) is 0 Å². The molecule has 0 unspecified atom stereocenters. The van der Waals surface area contributed by atoms with E-state index in [-0.39, 0.29) is 0 Å². The topological polar surface area (TPSA) is 21.3 Å². The summed E-state index contributed by atoms with van der Waals surface area (Å²) in [6.07, 6.45) is 1.09. The molecular formula is C21H29NO. The van der Waals surface area contributed by atoms with Crippen LogP contribution in [0.3, 0.4) is 0 Å². The van der Waals surface area contributed by atoms with Gasteiger partial charge in [0.2, 0.25) is 0 Å². The zero-order valence-corrected chi connectivity index (χ0v) is 14.8. The Labute approximate surface area is 140 Å². The minimum Gasteiger partial charge on any atom is -0.494 e. The Bertz CT molecular complexity index is 604. The van der Waals surface area contributed by atoms with Crippen LogP contribution in [0.15, 0.2) is 48.5 Å². The minimum atomic E-state index is 0.518. The van der Waals surface area contributed by atoms with E-state index in [1.165, 1.54) is 16.8 Å². The molecule has 2 heteroatoms. The first kappa shape index (κ1) is 17.4. The van der Waals surface area contributed by atoms with Crippen LogP contribution >= 0.6 is 0 Å². The van der Waals surface area contributed by atoms with Gasteiger partial charge in [0.1, 0.15) is 5.75 Å². The highest BCUT2D eigenvalue weighted by Gasteiger charge is 2.05. The highest BCUT2D eigenvalue weighted by molar-refractivity contribution is 5.53. The maximum Gasteiger partial charge on any atom is 0.119 e. The van der Waals surface area contributed by atoms with Gasteiger partial charge in [-0.15, -0.1) is 0 Å². The highest BCUT2D eigenvalue weighted by atomic mass is 16.5. The number of ether oxygens (including phenoxy) is 1. The fourth-order valence-corrected chi connectivity index (χ4v) is 2.52. The number of benzene rings is 2. The van der Waals surface area contributed by atoms with Gasteiger partial charge in [-0.05, 0) is 47.6 Å². The normalized spacial score (nSPS) is 11.0. The molecule has 0 aliphatic heterocycles. The van der Waals surface area contributed by atoms with E-state index >= 15 is 0 Å². The monoisotopic (exact) mass is 311 g/mol. The molecule has 0 aliphatic carbocycles. The predicted octanol–water partition coefficient (Wildman–Crippen LogP) is 5.85. The van der Waals surface area contributed by atoms with Crippen molar-refractivity contribution < 1.29 is 4.74 Å². The molecule has 0 saturated carbocycles. The molecule has 0 heterocycles. The number of anilines is 1. The number of hydrogen-bond donors (Lipinski definition) is 1. The van der Waals surface area contributed by atoms with E-state index in [2.05, 4.69) is 75.5 Å². The minimum absolute atomic E-state index is 0.518. The molecule has 0 fully saturated rings. The molecule has 0 saturated heterocycles. The van der Waals surface area contributed by atoms with Crippen molar-refractivity contribution in [2.24, 2.45) is 5.92 Å². The molecule has 0 amide bonds. The van der Waals surface area contributed by atoms with Crippen LogP contribution in [0.2, 0.25) is 0 Å². The third-order valence-electron chi connectivity index (χ3n) is 3.93. The zero-order chi connectivity index (χ0) is 16.7. The summed E-state index contributed by atoms with van der Waals surface area (Å²) in [5.74, 6) is 2.15. The van der Waals surface area contributed by atoms with E-state index < -0.39 is 0 Å². The van der Waals surface area contributed by atoms with Crippen molar-refractivity contribution in [3.63, 3.8) is 0 Å². The van der Waals surface area contributed by atoms with Crippen molar-refractivity contribution in [2.75, 3.05) is 11.9 Å². The SMILES string of the molecule is CC(C)CCOc1cccc(CNc2ccccc2C(C)C)c1. The van der Waals surface area contributed by atoms with Crippen molar-refractivity contribution in [1.29, 1.82) is 0 Å². The Balaban J connectivity index is 1.96. The first-order valence-corrected chi connectivity index (χ1v) is 8.60. The van der Waals surface area contributed by atoms with Crippen LogP contribution in [0.5, 0.6) is 5.75 Å². The number of para-hydroxylation sites is 1. The summed E-state index contributed by atoms with van der Waals surface area (Å²) in [4.78, 5) is 0. The first-order valence-electron chi connectivity index (χ1n) is 8.60. The van der Waals surface area contributed by atoms with Crippen molar-refractivity contribution in [1.82, 2.24) is 0 Å². The molecule has 23 heavy (non-hydrogen) atoms. The smallest absolute Gasteiger partial charge is 0.119 e. The van der Waals surface area contributed by atoms with Crippen molar-refractivity contribution >= 4 is 5.69 Å². The summed E-state index contributed by atoms with van der Waals surface area (Å²) < 4.78 is 5.84. The molecule has 0 aromatic heterocycles. The van der Waals surface area contributed by atoms with Gasteiger partial charge in [0.25, 0.3) is 0 Å². The molecule has 2 aromatic rings. The van der Waals surface area contributed by atoms with E-state index in [1.807, 2.05) is 6.07 Å². The van der Waals surface area contributed by atoms with Crippen molar-refractivity contribution in [3.05, 3.63) is 59.7 Å². The Morgan fingerprint density at radius 2 is 1.74 bits per heavy atom. The Hall–Kier alpha value is -1.96. The molecule has 0 radical (unpaired) electrons.